The summed E-state index contributed by atoms with van der Waals surface area (Å²) in [6.45, 7) is 79.2. The maximum Gasteiger partial charge on any atom is 0.136 e. The molecule has 12 aliphatic carbocycles. The van der Waals surface area contributed by atoms with Crippen molar-refractivity contribution in [2.75, 3.05) is 0 Å². The number of rotatable bonds is 12. The second-order valence-electron chi connectivity index (χ2n) is 52.0. The van der Waals surface area contributed by atoms with Crippen LogP contribution in [0, 0.1) is 213 Å². The van der Waals surface area contributed by atoms with E-state index < -0.39 is 0 Å². The van der Waals surface area contributed by atoms with Crippen molar-refractivity contribution >= 4 is 23.1 Å². The van der Waals surface area contributed by atoms with E-state index in [1.807, 2.05) is 0 Å². The summed E-state index contributed by atoms with van der Waals surface area (Å²) < 4.78 is 0. The minimum Gasteiger partial charge on any atom is -0.393 e. The highest BCUT2D eigenvalue weighted by Gasteiger charge is 2.38. The third-order valence-electron chi connectivity index (χ3n) is 34.9. The molecule has 12 saturated carbocycles. The maximum atomic E-state index is 11.4. The Morgan fingerprint density at radius 1 is 0.152 bits per heavy atom. The molecule has 12 nitrogen and oxygen atoms in total. The van der Waals surface area contributed by atoms with Gasteiger partial charge in [-0.25, -0.2) is 0 Å². The number of aliphatic hydroxyl groups excluding tert-OH is 8. The highest BCUT2D eigenvalue weighted by atomic mass is 16.3. The van der Waals surface area contributed by atoms with Gasteiger partial charge in [0, 0.05) is 49.4 Å². The Kier molecular flexibility index (Phi) is 65.2. The third-order valence-corrected chi connectivity index (χ3v) is 34.9. The summed E-state index contributed by atoms with van der Waals surface area (Å²) in [6.07, 6.45) is 40.9. The Labute approximate surface area is 820 Å². The van der Waals surface area contributed by atoms with Crippen molar-refractivity contribution in [2.24, 2.45) is 213 Å². The molecule has 12 heteroatoms. The fourth-order valence-electron chi connectivity index (χ4n) is 24.9. The highest BCUT2D eigenvalue weighted by molar-refractivity contribution is 5.83. The second-order valence-corrected chi connectivity index (χ2v) is 52.0. The van der Waals surface area contributed by atoms with Gasteiger partial charge in [-0.1, -0.05) is 301 Å². The van der Waals surface area contributed by atoms with Gasteiger partial charge < -0.3 is 40.9 Å². The van der Waals surface area contributed by atoms with E-state index in [-0.39, 0.29) is 48.8 Å². The van der Waals surface area contributed by atoms with E-state index in [9.17, 15) is 60.0 Å². The summed E-state index contributed by atoms with van der Waals surface area (Å²) in [5, 5.41) is 77.7. The molecule has 0 aromatic rings. The van der Waals surface area contributed by atoms with Crippen molar-refractivity contribution in [3.8, 4) is 0 Å². The van der Waals surface area contributed by atoms with E-state index in [4.69, 9.17) is 0 Å². The fourth-order valence-corrected chi connectivity index (χ4v) is 24.9. The molecule has 1 unspecified atom stereocenters. The minimum atomic E-state index is -0.0289. The summed E-state index contributed by atoms with van der Waals surface area (Å²) in [5.41, 5.74) is 0. The smallest absolute Gasteiger partial charge is 0.136 e. The van der Waals surface area contributed by atoms with Crippen LogP contribution in [-0.4, -0.2) is 113 Å². The zero-order valence-corrected chi connectivity index (χ0v) is 94.1. The van der Waals surface area contributed by atoms with Crippen LogP contribution in [0.5, 0.6) is 0 Å². The van der Waals surface area contributed by atoms with Gasteiger partial charge in [0.15, 0.2) is 0 Å². The summed E-state index contributed by atoms with van der Waals surface area (Å²) in [5.74, 6) is 23.8. The largest absolute Gasteiger partial charge is 0.393 e. The number of ketones is 4. The van der Waals surface area contributed by atoms with E-state index in [1.165, 1.54) is 128 Å². The van der Waals surface area contributed by atoms with E-state index in [2.05, 4.69) is 249 Å². The average Bonchev–Trinajstić information content (AvgIpc) is 0.964. The normalized spacial score (nSPS) is 37.3. The number of aliphatic hydroxyl groups is 8. The van der Waals surface area contributed by atoms with Crippen molar-refractivity contribution < 1.29 is 60.0 Å². The van der Waals surface area contributed by atoms with Crippen LogP contribution >= 0.6 is 0 Å². The van der Waals surface area contributed by atoms with Gasteiger partial charge in [0.25, 0.3) is 0 Å². The zero-order valence-electron chi connectivity index (χ0n) is 94.1. The van der Waals surface area contributed by atoms with Gasteiger partial charge in [-0.05, 0) is 343 Å². The summed E-state index contributed by atoms with van der Waals surface area (Å²) in [4.78, 5) is 45.8. The second kappa shape index (κ2) is 67.0. The minimum absolute atomic E-state index is 0.0289. The van der Waals surface area contributed by atoms with Crippen LogP contribution in [0.25, 0.3) is 0 Å². The van der Waals surface area contributed by atoms with Gasteiger partial charge in [-0.2, -0.15) is 0 Å². The number of Topliss-reactive ketones (excluding diaryl/α,β-unsaturated/α-hetero) is 4. The molecule has 12 rings (SSSR count). The van der Waals surface area contributed by atoms with Crippen LogP contribution in [0.3, 0.4) is 0 Å². The van der Waals surface area contributed by atoms with Crippen LogP contribution in [0.1, 0.15) is 480 Å². The lowest BCUT2D eigenvalue weighted by atomic mass is 9.75. The van der Waals surface area contributed by atoms with Crippen molar-refractivity contribution in [2.45, 2.75) is 529 Å². The molecule has 0 aliphatic heterocycles. The lowest BCUT2D eigenvalue weighted by Gasteiger charge is -2.33. The van der Waals surface area contributed by atoms with Crippen molar-refractivity contribution in [3.63, 3.8) is 0 Å². The molecule has 32 atom stereocenters. The predicted molar refractivity (Wildman–Crippen MR) is 564 cm³/mol. The Hall–Kier alpha value is -1.64. The molecule has 12 fully saturated rings. The van der Waals surface area contributed by atoms with Gasteiger partial charge in [-0.3, -0.25) is 19.2 Å². The quantitative estimate of drug-likeness (QED) is 0.0912. The van der Waals surface area contributed by atoms with E-state index in [0.29, 0.717) is 189 Å². The molecule has 132 heavy (non-hydrogen) atoms. The molecule has 784 valence electrons. The molecule has 0 saturated heterocycles. The first-order chi connectivity index (χ1) is 61.3. The predicted octanol–water partition coefficient (Wildman–Crippen LogP) is 30.1. The number of carbonyl (C=O) groups excluding carboxylic acids is 4. The van der Waals surface area contributed by atoms with E-state index in [0.717, 1.165) is 150 Å². The third kappa shape index (κ3) is 50.8. The lowest BCUT2D eigenvalue weighted by molar-refractivity contribution is -0.128. The number of carbonyl (C=O) groups is 4. The van der Waals surface area contributed by atoms with Gasteiger partial charge >= 0.3 is 0 Å². The first-order valence-corrected chi connectivity index (χ1v) is 56.9. The topological polar surface area (TPSA) is 230 Å². The summed E-state index contributed by atoms with van der Waals surface area (Å²) in [7, 11) is 0. The molecular weight excluding hydrogens is 1630 g/mol. The van der Waals surface area contributed by atoms with Crippen LogP contribution in [-0.2, 0) is 19.2 Å². The highest BCUT2D eigenvalue weighted by Crippen LogP contribution is 2.42. The number of hydrogen-bond donors (Lipinski definition) is 8. The Morgan fingerprint density at radius 2 is 0.250 bits per heavy atom. The Morgan fingerprint density at radius 3 is 0.326 bits per heavy atom. The Balaban J connectivity index is 0.000000720. The molecule has 0 aromatic carbocycles. The monoisotopic (exact) mass is 1870 g/mol. The van der Waals surface area contributed by atoms with E-state index >= 15 is 0 Å². The average molecular weight is 1870 g/mol. The molecule has 0 heterocycles. The van der Waals surface area contributed by atoms with Crippen LogP contribution in [0.15, 0.2) is 0 Å². The molecule has 8 N–H and O–H groups in total. The van der Waals surface area contributed by atoms with Crippen molar-refractivity contribution in [3.05, 3.63) is 0 Å². The fraction of sp³-hybridized carbons (Fsp3) is 0.967. The first-order valence-electron chi connectivity index (χ1n) is 56.9. The SMILES string of the molecule is CC(C)[C@@H]1CC[C@@H](C)CC1=O.CC(C)[C@@H]1CC[C@@H](C)C[C@@H]1O.CC(C)[C@@H]1CC[C@@H](C)C[C@H]1O.CC(C)[C@@H]1CC[C@H](C)CC1=O.CC(C)[C@@H]1CC[C@H](C)C[C@@H]1O.CC(C)[C@@H]1CC[C@H](C)C[C@H]1O.CC(C)[C@H]1CC[C@@H](C)CC1=O.CC(C)[C@H]1CC[C@@H](C)C[C@@H]1O.CC(C)[C@H]1CC[C@@H](C)C[C@H]1O.CC(C)[C@H]1CC[C@H](C)CC1=O.CC(C)[C@H]1CC[C@H](C)CC1O.CC(C)[C@H]1CC[C@H](C)C[C@@H]1O. The van der Waals surface area contributed by atoms with E-state index in [1.54, 1.807) is 0 Å². The molecule has 12 aliphatic rings. The van der Waals surface area contributed by atoms with Crippen molar-refractivity contribution in [1.82, 2.24) is 0 Å². The lowest BCUT2D eigenvalue weighted by Crippen LogP contribution is -2.31. The van der Waals surface area contributed by atoms with Crippen LogP contribution in [0.4, 0.5) is 0 Å². The van der Waals surface area contributed by atoms with Gasteiger partial charge in [0.05, 0.1) is 48.8 Å². The standard InChI is InChI=1S/8C10H20O.4C10H18O/c12*1-7(2)9-5-4-8(3)6-10(9)11/h8*7-11H,4-6H2,1-3H3;4*7-9H,4-6H2,1-3H3/t8-,9+,10?;8-,9+,10+;2*8-,9+,10-;2*8-,9-,10+;2*8-,9-,10-;2*8-,9+;2*8-,9-/m011010101010/s1. The van der Waals surface area contributed by atoms with Crippen molar-refractivity contribution in [1.29, 1.82) is 0 Å². The van der Waals surface area contributed by atoms with Crippen LogP contribution < -0.4 is 0 Å². The molecule has 0 radical (unpaired) electrons. The number of hydrogen-bond acceptors (Lipinski definition) is 12. The maximum absolute atomic E-state index is 11.4. The molecule has 0 amide bonds. The Bertz CT molecular complexity index is 2430. The summed E-state index contributed by atoms with van der Waals surface area (Å²) >= 11 is 0. The molecular formula is C120H232O12. The molecule has 0 bridgehead atoms. The van der Waals surface area contributed by atoms with Gasteiger partial charge in [0.1, 0.15) is 23.1 Å². The molecule has 0 aromatic heterocycles. The summed E-state index contributed by atoms with van der Waals surface area (Å²) in [6, 6.07) is 0. The first kappa shape index (κ1) is 128. The molecule has 0 spiro atoms. The van der Waals surface area contributed by atoms with Gasteiger partial charge in [-0.15, -0.1) is 0 Å². The van der Waals surface area contributed by atoms with Crippen LogP contribution in [0.2, 0.25) is 0 Å². The van der Waals surface area contributed by atoms with Gasteiger partial charge in [0.2, 0.25) is 0 Å². The zero-order chi connectivity index (χ0) is 101.